The number of carbonyl (C=O) groups is 1. The van der Waals surface area contributed by atoms with Crippen LogP contribution in [0.5, 0.6) is 5.88 Å². The van der Waals surface area contributed by atoms with Crippen LogP contribution in [0.4, 0.5) is 0 Å². The van der Waals surface area contributed by atoms with Crippen molar-refractivity contribution >= 4 is 33.7 Å². The Hall–Kier alpha value is -1.95. The Bertz CT molecular complexity index is 692. The van der Waals surface area contributed by atoms with Gasteiger partial charge in [0, 0.05) is 12.4 Å². The van der Waals surface area contributed by atoms with Crippen molar-refractivity contribution in [3.8, 4) is 5.88 Å². The van der Waals surface area contributed by atoms with Gasteiger partial charge in [-0.1, -0.05) is 18.2 Å². The molecule has 5 nitrogen and oxygen atoms in total. The number of aromatic nitrogens is 1. The average Bonchev–Trinajstić information content (AvgIpc) is 2.74. The molecule has 0 atom stereocenters. The van der Waals surface area contributed by atoms with Gasteiger partial charge in [-0.15, -0.1) is 11.8 Å². The summed E-state index contributed by atoms with van der Waals surface area (Å²) < 4.78 is 6.58. The topological polar surface area (TPSA) is 63.8 Å². The molecular formula is C15H18N2O3S. The normalized spacial score (nSPS) is 11.9. The van der Waals surface area contributed by atoms with Crippen LogP contribution in [0.3, 0.4) is 0 Å². The number of fused-ring (bicyclic) bond motifs is 1. The van der Waals surface area contributed by atoms with Crippen LogP contribution in [0.2, 0.25) is 0 Å². The standard InChI is InChI=1S/C15H18N2O3S/c1-4-20-12(18)9-16-14(21-3)13-10-7-5-6-8-11(10)17(2)15(13)19/h5-8,19H,4,9H2,1-3H3. The van der Waals surface area contributed by atoms with E-state index in [0.29, 0.717) is 17.2 Å². The van der Waals surface area contributed by atoms with E-state index in [4.69, 9.17) is 4.74 Å². The highest BCUT2D eigenvalue weighted by Crippen LogP contribution is 2.33. The molecule has 21 heavy (non-hydrogen) atoms. The minimum atomic E-state index is -0.372. The first-order valence-electron chi connectivity index (χ1n) is 6.61. The summed E-state index contributed by atoms with van der Waals surface area (Å²) in [6.07, 6.45) is 1.87. The summed E-state index contributed by atoms with van der Waals surface area (Å²) in [5.74, 6) is -0.225. The molecule has 1 aromatic carbocycles. The Labute approximate surface area is 127 Å². The summed E-state index contributed by atoms with van der Waals surface area (Å²) in [7, 11) is 1.80. The van der Waals surface area contributed by atoms with Gasteiger partial charge in [0.25, 0.3) is 0 Å². The lowest BCUT2D eigenvalue weighted by Gasteiger charge is -2.04. The molecule has 2 rings (SSSR count). The lowest BCUT2D eigenvalue weighted by molar-refractivity contribution is -0.141. The Morgan fingerprint density at radius 1 is 1.43 bits per heavy atom. The number of thioether (sulfide) groups is 1. The van der Waals surface area contributed by atoms with Crippen LogP contribution in [-0.4, -0.2) is 40.1 Å². The molecule has 1 aromatic heterocycles. The van der Waals surface area contributed by atoms with Gasteiger partial charge in [-0.3, -0.25) is 9.79 Å². The SMILES string of the molecule is CCOC(=O)CN=C(SC)c1c(O)n(C)c2ccccc12. The third kappa shape index (κ3) is 3.05. The molecular weight excluding hydrogens is 288 g/mol. The summed E-state index contributed by atoms with van der Waals surface area (Å²) >= 11 is 1.39. The molecule has 0 radical (unpaired) electrons. The highest BCUT2D eigenvalue weighted by atomic mass is 32.2. The van der Waals surface area contributed by atoms with Gasteiger partial charge in [-0.2, -0.15) is 0 Å². The predicted molar refractivity (Wildman–Crippen MR) is 86.1 cm³/mol. The summed E-state index contributed by atoms with van der Waals surface area (Å²) in [6.45, 7) is 2.04. The van der Waals surface area contributed by atoms with Gasteiger partial charge in [0.15, 0.2) is 0 Å². The van der Waals surface area contributed by atoms with Crippen LogP contribution in [0.15, 0.2) is 29.3 Å². The van der Waals surface area contributed by atoms with E-state index in [-0.39, 0.29) is 18.4 Å². The minimum Gasteiger partial charge on any atom is -0.494 e. The minimum absolute atomic E-state index is 0.0489. The molecule has 0 aliphatic carbocycles. The van der Waals surface area contributed by atoms with Crippen molar-refractivity contribution in [3.63, 3.8) is 0 Å². The Kier molecular flexibility index (Phi) is 4.90. The van der Waals surface area contributed by atoms with Gasteiger partial charge in [-0.05, 0) is 19.2 Å². The number of hydrogen-bond donors (Lipinski definition) is 1. The number of para-hydroxylation sites is 1. The van der Waals surface area contributed by atoms with E-state index in [1.807, 2.05) is 30.5 Å². The van der Waals surface area contributed by atoms with Gasteiger partial charge >= 0.3 is 5.97 Å². The van der Waals surface area contributed by atoms with E-state index in [1.165, 1.54) is 11.8 Å². The molecule has 6 heteroatoms. The number of esters is 1. The fourth-order valence-electron chi connectivity index (χ4n) is 2.18. The number of benzene rings is 1. The first kappa shape index (κ1) is 15.4. The summed E-state index contributed by atoms with van der Waals surface area (Å²) in [6, 6.07) is 7.69. The molecule has 0 unspecified atom stereocenters. The lowest BCUT2D eigenvalue weighted by Crippen LogP contribution is -2.09. The molecule has 0 saturated heterocycles. The second kappa shape index (κ2) is 6.67. The number of hydrogen-bond acceptors (Lipinski definition) is 5. The highest BCUT2D eigenvalue weighted by molar-refractivity contribution is 8.13. The van der Waals surface area contributed by atoms with Crippen LogP contribution >= 0.6 is 11.8 Å². The third-order valence-corrected chi connectivity index (χ3v) is 3.86. The maximum absolute atomic E-state index is 11.4. The quantitative estimate of drug-likeness (QED) is 0.536. The van der Waals surface area contributed by atoms with Crippen LogP contribution in [-0.2, 0) is 16.6 Å². The van der Waals surface area contributed by atoms with E-state index in [2.05, 4.69) is 4.99 Å². The predicted octanol–water partition coefficient (Wildman–Crippen LogP) is 2.56. The van der Waals surface area contributed by atoms with E-state index in [9.17, 15) is 9.90 Å². The van der Waals surface area contributed by atoms with E-state index < -0.39 is 0 Å². The molecule has 0 bridgehead atoms. The van der Waals surface area contributed by atoms with Crippen molar-refractivity contribution in [2.45, 2.75) is 6.92 Å². The Balaban J connectivity index is 2.45. The van der Waals surface area contributed by atoms with E-state index in [1.54, 1.807) is 18.5 Å². The van der Waals surface area contributed by atoms with Crippen LogP contribution in [0.1, 0.15) is 12.5 Å². The molecule has 0 aliphatic heterocycles. The average molecular weight is 306 g/mol. The first-order valence-corrected chi connectivity index (χ1v) is 7.83. The number of aromatic hydroxyl groups is 1. The van der Waals surface area contributed by atoms with Crippen molar-refractivity contribution in [2.75, 3.05) is 19.4 Å². The highest BCUT2D eigenvalue weighted by Gasteiger charge is 2.18. The van der Waals surface area contributed by atoms with Crippen LogP contribution in [0.25, 0.3) is 10.9 Å². The van der Waals surface area contributed by atoms with Gasteiger partial charge in [0.1, 0.15) is 11.6 Å². The fraction of sp³-hybridized carbons (Fsp3) is 0.333. The van der Waals surface area contributed by atoms with Crippen molar-refractivity contribution in [1.82, 2.24) is 4.57 Å². The zero-order valence-electron chi connectivity index (χ0n) is 12.3. The molecule has 112 valence electrons. The second-order valence-electron chi connectivity index (χ2n) is 4.41. The molecule has 2 aromatic rings. The van der Waals surface area contributed by atoms with Crippen LogP contribution in [0, 0.1) is 0 Å². The smallest absolute Gasteiger partial charge is 0.327 e. The number of aliphatic imine (C=N–C) groups is 1. The van der Waals surface area contributed by atoms with Gasteiger partial charge in [-0.25, -0.2) is 0 Å². The maximum Gasteiger partial charge on any atom is 0.327 e. The van der Waals surface area contributed by atoms with Gasteiger partial charge < -0.3 is 14.4 Å². The fourth-order valence-corrected chi connectivity index (χ4v) is 2.78. The Morgan fingerprint density at radius 3 is 2.81 bits per heavy atom. The number of nitrogens with zero attached hydrogens (tertiary/aromatic N) is 2. The first-order chi connectivity index (χ1) is 10.1. The summed E-state index contributed by atoms with van der Waals surface area (Å²) in [5, 5.41) is 11.9. The molecule has 0 saturated carbocycles. The monoisotopic (exact) mass is 306 g/mol. The van der Waals surface area contributed by atoms with Crippen LogP contribution < -0.4 is 0 Å². The molecule has 0 aliphatic rings. The third-order valence-electron chi connectivity index (χ3n) is 3.14. The Morgan fingerprint density at radius 2 is 2.14 bits per heavy atom. The molecule has 1 heterocycles. The van der Waals surface area contributed by atoms with Crippen molar-refractivity contribution in [1.29, 1.82) is 0 Å². The van der Waals surface area contributed by atoms with Gasteiger partial charge in [0.05, 0.1) is 17.7 Å². The lowest BCUT2D eigenvalue weighted by atomic mass is 10.2. The zero-order valence-corrected chi connectivity index (χ0v) is 13.1. The summed E-state index contributed by atoms with van der Waals surface area (Å²) in [5.41, 5.74) is 1.58. The summed E-state index contributed by atoms with van der Waals surface area (Å²) in [4.78, 5) is 15.7. The number of rotatable bonds is 4. The molecule has 0 amide bonds. The van der Waals surface area contributed by atoms with E-state index >= 15 is 0 Å². The largest absolute Gasteiger partial charge is 0.494 e. The van der Waals surface area contributed by atoms with Crippen molar-refractivity contribution in [2.24, 2.45) is 12.0 Å². The van der Waals surface area contributed by atoms with Crippen molar-refractivity contribution < 1.29 is 14.6 Å². The van der Waals surface area contributed by atoms with Gasteiger partial charge in [0.2, 0.25) is 5.88 Å². The second-order valence-corrected chi connectivity index (χ2v) is 5.20. The number of ether oxygens (including phenoxy) is 1. The maximum atomic E-state index is 11.4. The molecule has 0 spiro atoms. The van der Waals surface area contributed by atoms with E-state index in [0.717, 1.165) is 10.9 Å². The molecule has 0 fully saturated rings. The molecule has 1 N–H and O–H groups in total. The number of carbonyl (C=O) groups excluding carboxylic acids is 1. The van der Waals surface area contributed by atoms with Crippen molar-refractivity contribution in [3.05, 3.63) is 29.8 Å². The number of aryl methyl sites for hydroxylation is 1. The zero-order chi connectivity index (χ0) is 15.4.